The predicted molar refractivity (Wildman–Crippen MR) is 78.9 cm³/mol. The Balaban J connectivity index is 1.98. The van der Waals surface area contributed by atoms with Crippen LogP contribution in [0.4, 0.5) is 11.5 Å². The molecule has 0 saturated carbocycles. The molecule has 1 heterocycles. The van der Waals surface area contributed by atoms with Gasteiger partial charge in [-0.3, -0.25) is 4.79 Å². The summed E-state index contributed by atoms with van der Waals surface area (Å²) in [6.07, 6.45) is 0. The largest absolute Gasteiger partial charge is 0.374 e. The maximum atomic E-state index is 12.0. The monoisotopic (exact) mass is 273 g/mol. The van der Waals surface area contributed by atoms with Crippen molar-refractivity contribution >= 4 is 17.4 Å². The fourth-order valence-corrected chi connectivity index (χ4v) is 1.81. The second-order valence-corrected chi connectivity index (χ2v) is 4.98. The van der Waals surface area contributed by atoms with Crippen molar-refractivity contribution in [3.8, 4) is 0 Å². The summed E-state index contributed by atoms with van der Waals surface area (Å²) >= 11 is 0. The summed E-state index contributed by atoms with van der Waals surface area (Å²) < 4.78 is 4.91. The molecule has 0 saturated heterocycles. The zero-order valence-electron chi connectivity index (χ0n) is 12.2. The molecule has 1 aromatic heterocycles. The van der Waals surface area contributed by atoms with Crippen molar-refractivity contribution in [3.63, 3.8) is 0 Å². The molecular formula is C15H19N3O2. The number of nitrogens with zero attached hydrogens (tertiary/aromatic N) is 1. The first kappa shape index (κ1) is 14.1. The van der Waals surface area contributed by atoms with Crippen LogP contribution in [0.15, 0.2) is 28.8 Å². The highest BCUT2D eigenvalue weighted by atomic mass is 16.5. The summed E-state index contributed by atoms with van der Waals surface area (Å²) in [7, 11) is 0. The minimum absolute atomic E-state index is 0.156. The number of carbonyl (C=O) groups is 1. The second-order valence-electron chi connectivity index (χ2n) is 4.98. The normalized spacial score (nSPS) is 12.0. The smallest absolute Gasteiger partial charge is 0.247 e. The quantitative estimate of drug-likeness (QED) is 0.898. The van der Waals surface area contributed by atoms with Crippen LogP contribution in [0.2, 0.25) is 0 Å². The average Bonchev–Trinajstić information content (AvgIpc) is 2.79. The van der Waals surface area contributed by atoms with Crippen molar-refractivity contribution in [1.29, 1.82) is 0 Å². The highest BCUT2D eigenvalue weighted by molar-refractivity contribution is 5.95. The fraction of sp³-hybridized carbons (Fsp3) is 0.333. The van der Waals surface area contributed by atoms with E-state index in [2.05, 4.69) is 22.7 Å². The molecule has 0 bridgehead atoms. The summed E-state index contributed by atoms with van der Waals surface area (Å²) in [4.78, 5) is 12.0. The van der Waals surface area contributed by atoms with Gasteiger partial charge >= 0.3 is 0 Å². The number of aryl methyl sites for hydroxylation is 3. The van der Waals surface area contributed by atoms with Crippen LogP contribution in [0.5, 0.6) is 0 Å². The van der Waals surface area contributed by atoms with Crippen LogP contribution in [0.25, 0.3) is 0 Å². The third-order valence-electron chi connectivity index (χ3n) is 3.16. The molecule has 0 aliphatic carbocycles. The van der Waals surface area contributed by atoms with E-state index in [1.54, 1.807) is 19.9 Å². The zero-order chi connectivity index (χ0) is 14.7. The van der Waals surface area contributed by atoms with Gasteiger partial charge in [-0.1, -0.05) is 11.2 Å². The van der Waals surface area contributed by atoms with Gasteiger partial charge in [0.2, 0.25) is 5.91 Å². The number of rotatable bonds is 4. The van der Waals surface area contributed by atoms with E-state index in [1.807, 2.05) is 25.1 Å². The molecule has 1 unspecified atom stereocenters. The van der Waals surface area contributed by atoms with Crippen molar-refractivity contribution in [2.75, 3.05) is 10.6 Å². The van der Waals surface area contributed by atoms with Crippen LogP contribution in [0, 0.1) is 20.8 Å². The van der Waals surface area contributed by atoms with Gasteiger partial charge in [-0.2, -0.15) is 0 Å². The molecule has 1 amide bonds. The van der Waals surface area contributed by atoms with Gasteiger partial charge in [-0.25, -0.2) is 0 Å². The first-order valence-electron chi connectivity index (χ1n) is 6.53. The molecule has 20 heavy (non-hydrogen) atoms. The van der Waals surface area contributed by atoms with Crippen LogP contribution >= 0.6 is 0 Å². The number of benzene rings is 1. The number of amides is 1. The van der Waals surface area contributed by atoms with E-state index < -0.39 is 0 Å². The van der Waals surface area contributed by atoms with Crippen molar-refractivity contribution in [3.05, 3.63) is 41.2 Å². The van der Waals surface area contributed by atoms with Crippen LogP contribution in [-0.4, -0.2) is 17.1 Å². The van der Waals surface area contributed by atoms with Gasteiger partial charge in [0.15, 0.2) is 5.82 Å². The Hall–Kier alpha value is -2.30. The van der Waals surface area contributed by atoms with E-state index in [0.29, 0.717) is 11.6 Å². The Morgan fingerprint density at radius 3 is 2.55 bits per heavy atom. The molecule has 0 radical (unpaired) electrons. The minimum atomic E-state index is -0.367. The minimum Gasteiger partial charge on any atom is -0.374 e. The maximum Gasteiger partial charge on any atom is 0.247 e. The third-order valence-corrected chi connectivity index (χ3v) is 3.16. The Labute approximate surface area is 118 Å². The molecular weight excluding hydrogens is 254 g/mol. The molecule has 5 nitrogen and oxygen atoms in total. The summed E-state index contributed by atoms with van der Waals surface area (Å²) in [5.74, 6) is 0.938. The third kappa shape index (κ3) is 3.38. The van der Waals surface area contributed by atoms with Gasteiger partial charge in [-0.05, 0) is 51.0 Å². The zero-order valence-corrected chi connectivity index (χ0v) is 12.2. The van der Waals surface area contributed by atoms with E-state index in [9.17, 15) is 4.79 Å². The van der Waals surface area contributed by atoms with Gasteiger partial charge in [0, 0.05) is 11.8 Å². The van der Waals surface area contributed by atoms with Crippen molar-refractivity contribution in [1.82, 2.24) is 5.16 Å². The van der Waals surface area contributed by atoms with Gasteiger partial charge in [-0.15, -0.1) is 0 Å². The predicted octanol–water partition coefficient (Wildman–Crippen LogP) is 3.04. The number of hydrogen-bond acceptors (Lipinski definition) is 4. The molecule has 0 aliphatic rings. The van der Waals surface area contributed by atoms with Crippen LogP contribution in [0.1, 0.15) is 23.8 Å². The summed E-state index contributed by atoms with van der Waals surface area (Å²) in [6.45, 7) is 7.68. The van der Waals surface area contributed by atoms with Crippen LogP contribution < -0.4 is 10.6 Å². The van der Waals surface area contributed by atoms with Crippen molar-refractivity contribution < 1.29 is 9.32 Å². The molecule has 2 rings (SSSR count). The highest BCUT2D eigenvalue weighted by Gasteiger charge is 2.14. The fourth-order valence-electron chi connectivity index (χ4n) is 1.81. The standard InChI is InChI=1S/C15H19N3O2/c1-9-5-6-13(7-10(9)2)16-12(4)15(19)17-14-8-11(3)20-18-14/h5-8,12,16H,1-4H3,(H,17,18,19). The molecule has 0 spiro atoms. The first-order valence-corrected chi connectivity index (χ1v) is 6.53. The highest BCUT2D eigenvalue weighted by Crippen LogP contribution is 2.15. The topological polar surface area (TPSA) is 67.2 Å². The Morgan fingerprint density at radius 2 is 1.95 bits per heavy atom. The number of nitrogens with one attached hydrogen (secondary N) is 2. The molecule has 0 aliphatic heterocycles. The average molecular weight is 273 g/mol. The maximum absolute atomic E-state index is 12.0. The van der Waals surface area contributed by atoms with Crippen LogP contribution in [-0.2, 0) is 4.79 Å². The number of hydrogen-bond donors (Lipinski definition) is 2. The van der Waals surface area contributed by atoms with Crippen molar-refractivity contribution in [2.45, 2.75) is 33.7 Å². The van der Waals surface area contributed by atoms with E-state index >= 15 is 0 Å². The van der Waals surface area contributed by atoms with Gasteiger partial charge < -0.3 is 15.2 Å². The Kier molecular flexibility index (Phi) is 4.08. The molecule has 106 valence electrons. The number of anilines is 2. The Bertz CT molecular complexity index is 619. The molecule has 2 N–H and O–H groups in total. The lowest BCUT2D eigenvalue weighted by Crippen LogP contribution is -2.32. The molecule has 1 aromatic carbocycles. The number of aromatic nitrogens is 1. The molecule has 5 heteroatoms. The lowest BCUT2D eigenvalue weighted by molar-refractivity contribution is -0.116. The summed E-state index contributed by atoms with van der Waals surface area (Å²) in [5.41, 5.74) is 3.34. The van der Waals surface area contributed by atoms with Gasteiger partial charge in [0.05, 0.1) is 0 Å². The van der Waals surface area contributed by atoms with E-state index in [1.165, 1.54) is 11.1 Å². The van der Waals surface area contributed by atoms with Crippen molar-refractivity contribution in [2.24, 2.45) is 0 Å². The van der Waals surface area contributed by atoms with Crippen LogP contribution in [0.3, 0.4) is 0 Å². The molecule has 1 atom stereocenters. The second kappa shape index (κ2) is 5.77. The van der Waals surface area contributed by atoms with E-state index in [-0.39, 0.29) is 11.9 Å². The van der Waals surface area contributed by atoms with Gasteiger partial charge in [0.1, 0.15) is 11.8 Å². The lowest BCUT2D eigenvalue weighted by atomic mass is 10.1. The van der Waals surface area contributed by atoms with E-state index in [4.69, 9.17) is 4.52 Å². The summed E-state index contributed by atoms with van der Waals surface area (Å²) in [6, 6.07) is 7.34. The first-order chi connectivity index (χ1) is 9.45. The Morgan fingerprint density at radius 1 is 1.20 bits per heavy atom. The molecule has 2 aromatic rings. The lowest BCUT2D eigenvalue weighted by Gasteiger charge is -2.15. The molecule has 0 fully saturated rings. The van der Waals surface area contributed by atoms with Gasteiger partial charge in [0.25, 0.3) is 0 Å². The summed E-state index contributed by atoms with van der Waals surface area (Å²) in [5, 5.41) is 9.60. The number of carbonyl (C=O) groups excluding carboxylic acids is 1. The van der Waals surface area contributed by atoms with E-state index in [0.717, 1.165) is 5.69 Å². The SMILES string of the molecule is Cc1cc(NC(=O)C(C)Nc2ccc(C)c(C)c2)no1.